The summed E-state index contributed by atoms with van der Waals surface area (Å²) >= 11 is 0. The van der Waals surface area contributed by atoms with Crippen LogP contribution in [0.3, 0.4) is 0 Å². The van der Waals surface area contributed by atoms with Gasteiger partial charge in [0.05, 0.1) is 12.2 Å². The van der Waals surface area contributed by atoms with Gasteiger partial charge < -0.3 is 95.5 Å². The number of ketones is 7. The molecule has 2 fully saturated rings. The van der Waals surface area contributed by atoms with E-state index >= 15 is 53.7 Å². The number of ether oxygens (including phenoxy) is 4. The van der Waals surface area contributed by atoms with E-state index in [2.05, 4.69) is 0 Å². The number of aliphatic hydroxyl groups is 7. The standard InChI is InChI=1S/C68H54O27/c69-33-51-52(79)60(87)62(34-70,92-51)94-68(59(86)41-13-29-49(77)30-14-41)65(91,56(83)38-7-23-46(74)24-8-38)64(90,55(82)37-5-21-45(73)22-6-37)67(58(85)40-11-27-48(76)28-12-40,93-61(88)42-15-31-50(78)32-16-42)66(95-68,57(84)39-9-25-47(75)26-10-39)63(89,53(80)35-1-17-43(71)18-2-35)54(81)36-3-19-44(72)20-4-36/h1-32,51-52,60,69-79,87,89-91H,33-34H2/t51-,52-,60+,62?,64-,65-,66-,67+,68-/m1/s1. The molecule has 95 heavy (non-hydrogen) atoms. The van der Waals surface area contributed by atoms with Gasteiger partial charge >= 0.3 is 5.97 Å². The van der Waals surface area contributed by atoms with E-state index < -0.39 is 208 Å². The second-order valence-electron chi connectivity index (χ2n) is 22.1. The Labute approximate surface area is 534 Å². The maximum Gasteiger partial charge on any atom is 0.339 e. The predicted molar refractivity (Wildman–Crippen MR) is 320 cm³/mol. The molecule has 27 nitrogen and oxygen atoms in total. The molecule has 0 saturated carbocycles. The van der Waals surface area contributed by atoms with Crippen molar-refractivity contribution in [2.75, 3.05) is 13.2 Å². The van der Waals surface area contributed by atoms with Crippen molar-refractivity contribution in [3.8, 4) is 46.0 Å². The largest absolute Gasteiger partial charge is 0.508 e. The average Bonchev–Trinajstić information content (AvgIpc) is 0.681. The number of esters is 1. The van der Waals surface area contributed by atoms with Crippen LogP contribution in [-0.2, 0) is 18.9 Å². The number of phenolic OH excluding ortho intramolecular Hbond substituents is 8. The zero-order valence-corrected chi connectivity index (χ0v) is 48.7. The maximum absolute atomic E-state index is 17.9. The Kier molecular flexibility index (Phi) is 17.4. The number of Topliss-reactive ketones (excluding diaryl/α,β-unsaturated/α-hetero) is 7. The SMILES string of the molecule is O=C(O[C@@]1(C(=O)c2ccc(O)cc2)[C@@](O)(C(=O)c2ccc(O)cc2)[C@](O)(C(=O)c2ccc(O)cc2)[C@@](OC2(CO)O[C@H](CO)[C@@H](O)[C@@H]2O)(C(=O)c2ccc(O)cc2)O[C@]1(C(=O)c1ccc(O)cc1)C(O)(C(=O)c1ccc(O)cc1)C(=O)c1ccc(O)cc1)c1ccc(O)cc1. The van der Waals surface area contributed by atoms with Crippen LogP contribution >= 0.6 is 0 Å². The van der Waals surface area contributed by atoms with E-state index in [0.717, 1.165) is 36.4 Å². The molecule has 2 heterocycles. The smallest absolute Gasteiger partial charge is 0.339 e. The van der Waals surface area contributed by atoms with Crippen LogP contribution < -0.4 is 0 Å². The van der Waals surface area contributed by atoms with Gasteiger partial charge in [0, 0.05) is 38.9 Å². The van der Waals surface area contributed by atoms with Crippen LogP contribution in [0.15, 0.2) is 194 Å². The molecule has 1 unspecified atom stereocenters. The van der Waals surface area contributed by atoms with Gasteiger partial charge in [-0.1, -0.05) is 0 Å². The fourth-order valence-corrected chi connectivity index (χ4v) is 11.7. The van der Waals surface area contributed by atoms with Crippen molar-refractivity contribution in [3.63, 3.8) is 0 Å². The van der Waals surface area contributed by atoms with Crippen molar-refractivity contribution in [3.05, 3.63) is 239 Å². The normalized spacial score (nSPS) is 24.8. The topological polar surface area (TPSA) is 477 Å². The lowest BCUT2D eigenvalue weighted by atomic mass is 9.46. The second kappa shape index (κ2) is 24.8. The third kappa shape index (κ3) is 10.4. The van der Waals surface area contributed by atoms with Crippen LogP contribution in [0.25, 0.3) is 0 Å². The van der Waals surface area contributed by atoms with E-state index in [0.29, 0.717) is 158 Å². The van der Waals surface area contributed by atoms with Crippen molar-refractivity contribution < 1.29 is 134 Å². The molecule has 0 radical (unpaired) electrons. The van der Waals surface area contributed by atoms with Crippen LogP contribution in [0.5, 0.6) is 46.0 Å². The number of hydrogen-bond donors (Lipinski definition) is 15. The quantitative estimate of drug-likeness (QED) is 0.0279. The van der Waals surface area contributed by atoms with Gasteiger partial charge in [0.2, 0.25) is 68.7 Å². The molecule has 0 amide bonds. The highest BCUT2D eigenvalue weighted by Gasteiger charge is 2.98. The molecule has 8 aromatic rings. The Morgan fingerprint density at radius 2 is 0.695 bits per heavy atom. The molecule has 2 aliphatic rings. The van der Waals surface area contributed by atoms with Crippen LogP contribution in [0.4, 0.5) is 0 Å². The highest BCUT2D eigenvalue weighted by Crippen LogP contribution is 2.65. The Morgan fingerprint density at radius 3 is 1.02 bits per heavy atom. The zero-order chi connectivity index (χ0) is 69.0. The molecule has 0 bridgehead atoms. The van der Waals surface area contributed by atoms with Gasteiger partial charge in [-0.2, -0.15) is 0 Å². The first-order valence-corrected chi connectivity index (χ1v) is 28.2. The fraction of sp³-hybridized carbons (Fsp3) is 0.176. The lowest BCUT2D eigenvalue weighted by molar-refractivity contribution is -0.456. The van der Waals surface area contributed by atoms with Crippen molar-refractivity contribution >= 4 is 46.5 Å². The minimum atomic E-state index is -5.70. The van der Waals surface area contributed by atoms with Gasteiger partial charge in [-0.15, -0.1) is 0 Å². The zero-order valence-electron chi connectivity index (χ0n) is 48.7. The molecule has 488 valence electrons. The van der Waals surface area contributed by atoms with Crippen LogP contribution in [0, 0.1) is 0 Å². The Hall–Kier alpha value is -11.1. The maximum atomic E-state index is 17.9. The van der Waals surface area contributed by atoms with Gasteiger partial charge in [-0.05, 0) is 194 Å². The van der Waals surface area contributed by atoms with E-state index in [9.17, 15) is 61.3 Å². The van der Waals surface area contributed by atoms with Crippen molar-refractivity contribution in [1.29, 1.82) is 0 Å². The second-order valence-corrected chi connectivity index (χ2v) is 22.1. The van der Waals surface area contributed by atoms with Gasteiger partial charge in [-0.25, -0.2) is 4.79 Å². The van der Waals surface area contributed by atoms with Gasteiger partial charge in [0.15, 0.2) is 0 Å². The van der Waals surface area contributed by atoms with Gasteiger partial charge in [0.25, 0.3) is 11.4 Å². The lowest BCUT2D eigenvalue weighted by Crippen LogP contribution is -2.99. The first-order chi connectivity index (χ1) is 45.0. The summed E-state index contributed by atoms with van der Waals surface area (Å²) in [5, 5.41) is 179. The third-order valence-electron chi connectivity index (χ3n) is 16.5. The summed E-state index contributed by atoms with van der Waals surface area (Å²) in [5.74, 6) is -34.6. The summed E-state index contributed by atoms with van der Waals surface area (Å²) in [6.45, 7) is -3.50. The molecule has 0 aromatic heterocycles. The van der Waals surface area contributed by atoms with E-state index in [1.54, 1.807) is 0 Å². The number of carbonyl (C=O) groups is 8. The molecule has 0 spiro atoms. The lowest BCUT2D eigenvalue weighted by Gasteiger charge is -2.68. The molecule has 27 heteroatoms. The van der Waals surface area contributed by atoms with E-state index in [1.807, 2.05) is 0 Å². The monoisotopic (exact) mass is 1300 g/mol. The van der Waals surface area contributed by atoms with Crippen molar-refractivity contribution in [2.24, 2.45) is 0 Å². The number of carbonyl (C=O) groups excluding carboxylic acids is 8. The van der Waals surface area contributed by atoms with Crippen LogP contribution in [0.1, 0.15) is 82.9 Å². The van der Waals surface area contributed by atoms with Crippen LogP contribution in [0.2, 0.25) is 0 Å². The van der Waals surface area contributed by atoms with Crippen molar-refractivity contribution in [2.45, 2.75) is 57.9 Å². The Morgan fingerprint density at radius 1 is 0.400 bits per heavy atom. The first kappa shape index (κ1) is 66.8. The molecule has 0 aliphatic carbocycles. The van der Waals surface area contributed by atoms with Crippen LogP contribution in [-0.4, -0.2) is 194 Å². The summed E-state index contributed by atoms with van der Waals surface area (Å²) in [6.07, 6.45) is -7.92. The average molecular weight is 1300 g/mol. The Bertz CT molecular complexity index is 4260. The molecular weight excluding hydrogens is 1250 g/mol. The van der Waals surface area contributed by atoms with Gasteiger partial charge in [-0.3, -0.25) is 33.6 Å². The number of phenols is 8. The summed E-state index contributed by atoms with van der Waals surface area (Å²) in [7, 11) is 0. The highest BCUT2D eigenvalue weighted by atomic mass is 16.8. The summed E-state index contributed by atoms with van der Waals surface area (Å²) < 4.78 is 25.7. The third-order valence-corrected chi connectivity index (χ3v) is 16.5. The van der Waals surface area contributed by atoms with E-state index in [4.69, 9.17) is 18.9 Å². The van der Waals surface area contributed by atoms with E-state index in [1.165, 1.54) is 0 Å². The summed E-state index contributed by atoms with van der Waals surface area (Å²) in [5.41, 5.74) is -37.0. The minimum absolute atomic E-state index is 0.554. The van der Waals surface area contributed by atoms with Gasteiger partial charge in [0.1, 0.15) is 70.9 Å². The molecule has 10 rings (SSSR count). The number of rotatable bonds is 21. The molecule has 15 N–H and O–H groups in total. The Balaban J connectivity index is 1.62. The number of hydrogen-bond acceptors (Lipinski definition) is 27. The fourth-order valence-electron chi connectivity index (χ4n) is 11.7. The summed E-state index contributed by atoms with van der Waals surface area (Å²) in [6, 6.07) is 20.9. The number of aliphatic hydroxyl groups excluding tert-OH is 4. The van der Waals surface area contributed by atoms with E-state index in [-0.39, 0.29) is 0 Å². The minimum Gasteiger partial charge on any atom is -0.508 e. The number of benzene rings is 8. The predicted octanol–water partition coefficient (Wildman–Crippen LogP) is 2.88. The molecule has 2 saturated heterocycles. The molecular formula is C68H54O27. The first-order valence-electron chi connectivity index (χ1n) is 28.2. The van der Waals surface area contributed by atoms with Crippen molar-refractivity contribution in [1.82, 2.24) is 0 Å². The molecule has 9 atom stereocenters. The molecule has 2 aliphatic heterocycles. The molecule has 8 aromatic carbocycles. The summed E-state index contributed by atoms with van der Waals surface area (Å²) in [4.78, 5) is 138. The highest BCUT2D eigenvalue weighted by molar-refractivity contribution is 6.33. The number of aromatic hydroxyl groups is 8.